The highest BCUT2D eigenvalue weighted by Gasteiger charge is 2.26. The summed E-state index contributed by atoms with van der Waals surface area (Å²) < 4.78 is 0. The monoisotopic (exact) mass is 238 g/mol. The minimum atomic E-state index is -1.12. The van der Waals surface area contributed by atoms with Crippen molar-refractivity contribution in [2.75, 3.05) is 6.54 Å². The third kappa shape index (κ3) is 3.25. The highest BCUT2D eigenvalue weighted by atomic mass is 16.6. The molecule has 1 rings (SSSR count). The van der Waals surface area contributed by atoms with Gasteiger partial charge in [0.1, 0.15) is 6.04 Å². The first-order valence-electron chi connectivity index (χ1n) is 5.27. The van der Waals surface area contributed by atoms with Gasteiger partial charge in [0.2, 0.25) is 0 Å². The zero-order chi connectivity index (χ0) is 12.8. The normalized spacial score (nSPS) is 12.1. The van der Waals surface area contributed by atoms with Gasteiger partial charge in [0.15, 0.2) is 0 Å². The third-order valence-electron chi connectivity index (χ3n) is 2.29. The largest absolute Gasteiger partial charge is 0.480 e. The van der Waals surface area contributed by atoms with E-state index in [0.29, 0.717) is 6.54 Å². The number of carboxylic acids is 1. The third-order valence-corrected chi connectivity index (χ3v) is 2.29. The number of hydrogen-bond donors (Lipinski definition) is 2. The highest BCUT2D eigenvalue weighted by molar-refractivity contribution is 5.77. The van der Waals surface area contributed by atoms with Crippen LogP contribution in [0.25, 0.3) is 0 Å². The maximum absolute atomic E-state index is 11.1. The summed E-state index contributed by atoms with van der Waals surface area (Å²) in [5.41, 5.74) is 0.00181. The molecular formula is C11H14N2O4. The number of hydrogen-bond acceptors (Lipinski definition) is 4. The van der Waals surface area contributed by atoms with Crippen molar-refractivity contribution in [2.24, 2.45) is 0 Å². The standard InChI is InChI=1S/C11H14N2O4/c1-2-7-12-10(11(14)15)8-5-3-4-6-9(8)13(16)17/h3-6,10,12H,2,7H2,1H3,(H,14,15). The van der Waals surface area contributed by atoms with E-state index in [4.69, 9.17) is 5.11 Å². The summed E-state index contributed by atoms with van der Waals surface area (Å²) in [6.07, 6.45) is 0.754. The second-order valence-corrected chi connectivity index (χ2v) is 3.54. The van der Waals surface area contributed by atoms with Gasteiger partial charge in [0.05, 0.1) is 10.5 Å². The molecule has 6 nitrogen and oxygen atoms in total. The van der Waals surface area contributed by atoms with E-state index in [9.17, 15) is 14.9 Å². The number of nitrogens with zero attached hydrogens (tertiary/aromatic N) is 1. The molecule has 0 amide bonds. The second-order valence-electron chi connectivity index (χ2n) is 3.54. The number of nitro benzene ring substituents is 1. The summed E-state index contributed by atoms with van der Waals surface area (Å²) in [6.45, 7) is 2.38. The van der Waals surface area contributed by atoms with Gasteiger partial charge in [0, 0.05) is 6.07 Å². The van der Waals surface area contributed by atoms with Gasteiger partial charge in [-0.25, -0.2) is 0 Å². The molecule has 0 spiro atoms. The lowest BCUT2D eigenvalue weighted by atomic mass is 10.0. The predicted molar refractivity (Wildman–Crippen MR) is 61.8 cm³/mol. The van der Waals surface area contributed by atoms with E-state index in [0.717, 1.165) is 6.42 Å². The minimum Gasteiger partial charge on any atom is -0.480 e. The molecule has 0 radical (unpaired) electrons. The molecule has 0 saturated heterocycles. The molecule has 6 heteroatoms. The van der Waals surface area contributed by atoms with Gasteiger partial charge in [-0.2, -0.15) is 0 Å². The van der Waals surface area contributed by atoms with E-state index in [-0.39, 0.29) is 11.3 Å². The molecule has 0 aliphatic rings. The van der Waals surface area contributed by atoms with Crippen LogP contribution in [-0.4, -0.2) is 22.5 Å². The molecule has 1 unspecified atom stereocenters. The maximum Gasteiger partial charge on any atom is 0.325 e. The van der Waals surface area contributed by atoms with E-state index >= 15 is 0 Å². The minimum absolute atomic E-state index is 0.177. The van der Waals surface area contributed by atoms with Crippen LogP contribution in [0.15, 0.2) is 24.3 Å². The Labute approximate surface area is 98.4 Å². The Balaban J connectivity index is 3.09. The van der Waals surface area contributed by atoms with Gasteiger partial charge in [-0.3, -0.25) is 14.9 Å². The molecule has 0 saturated carbocycles. The topological polar surface area (TPSA) is 92.5 Å². The van der Waals surface area contributed by atoms with Gasteiger partial charge in [-0.05, 0) is 19.0 Å². The highest BCUT2D eigenvalue weighted by Crippen LogP contribution is 2.24. The molecule has 0 aromatic heterocycles. The Morgan fingerprint density at radius 1 is 1.53 bits per heavy atom. The fourth-order valence-corrected chi connectivity index (χ4v) is 1.52. The summed E-state index contributed by atoms with van der Waals surface area (Å²) in [4.78, 5) is 21.3. The molecule has 2 N–H and O–H groups in total. The number of carboxylic acid groups (broad SMARTS) is 1. The summed E-state index contributed by atoms with van der Waals surface area (Å²) in [5.74, 6) is -1.12. The van der Waals surface area contributed by atoms with Crippen LogP contribution >= 0.6 is 0 Å². The Hall–Kier alpha value is -1.95. The van der Waals surface area contributed by atoms with Crippen LogP contribution in [-0.2, 0) is 4.79 Å². The van der Waals surface area contributed by atoms with Crippen molar-refractivity contribution < 1.29 is 14.8 Å². The average Bonchev–Trinajstić information content (AvgIpc) is 2.29. The lowest BCUT2D eigenvalue weighted by molar-refractivity contribution is -0.385. The first kappa shape index (κ1) is 13.1. The van der Waals surface area contributed by atoms with Crippen LogP contribution in [0.1, 0.15) is 24.9 Å². The van der Waals surface area contributed by atoms with Crippen molar-refractivity contribution in [3.8, 4) is 0 Å². The van der Waals surface area contributed by atoms with Crippen molar-refractivity contribution in [3.63, 3.8) is 0 Å². The van der Waals surface area contributed by atoms with Gasteiger partial charge in [0.25, 0.3) is 5.69 Å². The van der Waals surface area contributed by atoms with E-state index in [1.165, 1.54) is 18.2 Å². The number of nitro groups is 1. The Bertz CT molecular complexity index is 420. The number of carbonyl (C=O) groups is 1. The molecule has 1 aromatic carbocycles. The first-order chi connectivity index (χ1) is 8.07. The number of para-hydroxylation sites is 1. The van der Waals surface area contributed by atoms with E-state index < -0.39 is 16.9 Å². The zero-order valence-corrected chi connectivity index (χ0v) is 9.42. The Kier molecular flexibility index (Phi) is 4.59. The number of nitrogens with one attached hydrogen (secondary N) is 1. The van der Waals surface area contributed by atoms with Crippen LogP contribution in [0.2, 0.25) is 0 Å². The summed E-state index contributed by atoms with van der Waals surface area (Å²) >= 11 is 0. The van der Waals surface area contributed by atoms with E-state index in [1.54, 1.807) is 6.07 Å². The lowest BCUT2D eigenvalue weighted by Crippen LogP contribution is -2.29. The Morgan fingerprint density at radius 3 is 2.71 bits per heavy atom. The maximum atomic E-state index is 11.1. The summed E-state index contributed by atoms with van der Waals surface area (Å²) in [6, 6.07) is 4.82. The fourth-order valence-electron chi connectivity index (χ4n) is 1.52. The summed E-state index contributed by atoms with van der Waals surface area (Å²) in [7, 11) is 0. The number of rotatable bonds is 6. The Morgan fingerprint density at radius 2 is 2.18 bits per heavy atom. The quantitative estimate of drug-likeness (QED) is 0.581. The average molecular weight is 238 g/mol. The van der Waals surface area contributed by atoms with Gasteiger partial charge >= 0.3 is 5.97 Å². The van der Waals surface area contributed by atoms with Gasteiger partial charge in [-0.1, -0.05) is 19.1 Å². The smallest absolute Gasteiger partial charge is 0.325 e. The predicted octanol–water partition coefficient (Wildman–Crippen LogP) is 1.72. The molecule has 0 bridgehead atoms. The molecule has 0 fully saturated rings. The van der Waals surface area contributed by atoms with Gasteiger partial charge in [-0.15, -0.1) is 0 Å². The molecule has 1 atom stereocenters. The lowest BCUT2D eigenvalue weighted by Gasteiger charge is -2.14. The molecule has 0 aliphatic carbocycles. The second kappa shape index (κ2) is 5.95. The van der Waals surface area contributed by atoms with Crippen molar-refractivity contribution in [3.05, 3.63) is 39.9 Å². The van der Waals surface area contributed by atoms with Crippen molar-refractivity contribution in [1.82, 2.24) is 5.32 Å². The van der Waals surface area contributed by atoms with Gasteiger partial charge < -0.3 is 10.4 Å². The first-order valence-corrected chi connectivity index (χ1v) is 5.27. The van der Waals surface area contributed by atoms with Crippen LogP contribution in [0.3, 0.4) is 0 Å². The molecular weight excluding hydrogens is 224 g/mol. The zero-order valence-electron chi connectivity index (χ0n) is 9.42. The number of benzene rings is 1. The molecule has 92 valence electrons. The number of aliphatic carboxylic acids is 1. The molecule has 1 aromatic rings. The van der Waals surface area contributed by atoms with Crippen LogP contribution < -0.4 is 5.32 Å². The molecule has 0 heterocycles. The SMILES string of the molecule is CCCNC(C(=O)O)c1ccccc1[N+](=O)[O-]. The van der Waals surface area contributed by atoms with Crippen LogP contribution in [0.4, 0.5) is 5.69 Å². The van der Waals surface area contributed by atoms with Crippen molar-refractivity contribution in [2.45, 2.75) is 19.4 Å². The van der Waals surface area contributed by atoms with Crippen LogP contribution in [0, 0.1) is 10.1 Å². The van der Waals surface area contributed by atoms with Crippen LogP contribution in [0.5, 0.6) is 0 Å². The van der Waals surface area contributed by atoms with Crippen molar-refractivity contribution in [1.29, 1.82) is 0 Å². The summed E-state index contributed by atoms with van der Waals surface area (Å²) in [5, 5.41) is 22.7. The van der Waals surface area contributed by atoms with E-state index in [2.05, 4.69) is 5.32 Å². The van der Waals surface area contributed by atoms with E-state index in [1.807, 2.05) is 6.92 Å². The molecule has 0 aliphatic heterocycles. The molecule has 17 heavy (non-hydrogen) atoms. The van der Waals surface area contributed by atoms with Crippen molar-refractivity contribution >= 4 is 11.7 Å². The fraction of sp³-hybridized carbons (Fsp3) is 0.364.